The van der Waals surface area contributed by atoms with E-state index in [0.717, 1.165) is 18.1 Å². The average Bonchev–Trinajstić information content (AvgIpc) is 2.58. The van der Waals surface area contributed by atoms with Gasteiger partial charge in [0, 0.05) is 12.6 Å². The molecule has 4 heteroatoms. The quantitative estimate of drug-likeness (QED) is 0.889. The fourth-order valence-electron chi connectivity index (χ4n) is 3.21. The molecule has 4 nitrogen and oxygen atoms in total. The normalized spacial score (nSPS) is 18.7. The van der Waals surface area contributed by atoms with E-state index >= 15 is 0 Å². The number of nitrogens with one attached hydrogen (secondary N) is 1. The molecule has 2 aromatic rings. The summed E-state index contributed by atoms with van der Waals surface area (Å²) in [6.45, 7) is 5.45. The zero-order valence-corrected chi connectivity index (χ0v) is 13.9. The molecule has 1 saturated heterocycles. The second kappa shape index (κ2) is 8.06. The van der Waals surface area contributed by atoms with Crippen LogP contribution in [0.2, 0.25) is 0 Å². The van der Waals surface area contributed by atoms with E-state index < -0.39 is 0 Å². The van der Waals surface area contributed by atoms with Crippen molar-refractivity contribution in [3.63, 3.8) is 0 Å². The summed E-state index contributed by atoms with van der Waals surface area (Å²) < 4.78 is 0. The van der Waals surface area contributed by atoms with E-state index in [1.807, 2.05) is 19.1 Å². The van der Waals surface area contributed by atoms with Crippen molar-refractivity contribution >= 4 is 5.82 Å². The summed E-state index contributed by atoms with van der Waals surface area (Å²) in [6.07, 6.45) is 4.85. The summed E-state index contributed by atoms with van der Waals surface area (Å²) in [6, 6.07) is 15.3. The first-order chi connectivity index (χ1) is 11.3. The first-order valence-corrected chi connectivity index (χ1v) is 8.63. The van der Waals surface area contributed by atoms with Crippen molar-refractivity contribution in [1.29, 1.82) is 0 Å². The number of aryl methyl sites for hydroxylation is 2. The molecule has 0 spiro atoms. The number of likely N-dealkylation sites (tertiary alicyclic amines) is 1. The molecular formula is C19H26N4. The minimum absolute atomic E-state index is 0.484. The number of hydrogen-bond donors (Lipinski definition) is 1. The minimum atomic E-state index is 0.484. The molecule has 1 unspecified atom stereocenters. The van der Waals surface area contributed by atoms with Gasteiger partial charge in [0.1, 0.15) is 5.82 Å². The minimum Gasteiger partial charge on any atom is -0.365 e. The second-order valence-electron chi connectivity index (χ2n) is 6.43. The molecule has 0 amide bonds. The highest BCUT2D eigenvalue weighted by molar-refractivity contribution is 5.34. The Bertz CT molecular complexity index is 582. The third-order valence-electron chi connectivity index (χ3n) is 4.44. The van der Waals surface area contributed by atoms with Crippen LogP contribution in [-0.2, 0) is 6.42 Å². The zero-order chi connectivity index (χ0) is 15.9. The van der Waals surface area contributed by atoms with E-state index in [1.54, 1.807) is 0 Å². The monoisotopic (exact) mass is 310 g/mol. The van der Waals surface area contributed by atoms with Crippen molar-refractivity contribution in [2.24, 2.45) is 0 Å². The molecule has 0 aliphatic carbocycles. The van der Waals surface area contributed by atoms with Crippen molar-refractivity contribution < 1.29 is 0 Å². The molecule has 122 valence electrons. The Morgan fingerprint density at radius 3 is 2.78 bits per heavy atom. The van der Waals surface area contributed by atoms with E-state index in [9.17, 15) is 0 Å². The lowest BCUT2D eigenvalue weighted by Crippen LogP contribution is -2.42. The van der Waals surface area contributed by atoms with Gasteiger partial charge >= 0.3 is 0 Å². The van der Waals surface area contributed by atoms with Gasteiger partial charge in [0.25, 0.3) is 0 Å². The lowest BCUT2D eigenvalue weighted by atomic mass is 10.0. The second-order valence-corrected chi connectivity index (χ2v) is 6.43. The molecule has 1 aromatic heterocycles. The van der Waals surface area contributed by atoms with Gasteiger partial charge in [-0.1, -0.05) is 30.3 Å². The van der Waals surface area contributed by atoms with Crippen molar-refractivity contribution in [3.8, 4) is 0 Å². The number of aromatic nitrogens is 2. The molecule has 0 saturated carbocycles. The molecule has 1 aliphatic rings. The highest BCUT2D eigenvalue weighted by Crippen LogP contribution is 2.15. The van der Waals surface area contributed by atoms with E-state index in [1.165, 1.54) is 44.3 Å². The van der Waals surface area contributed by atoms with Gasteiger partial charge in [0.2, 0.25) is 0 Å². The number of benzene rings is 1. The molecule has 1 aliphatic heterocycles. The van der Waals surface area contributed by atoms with Crippen LogP contribution in [0, 0.1) is 6.92 Å². The van der Waals surface area contributed by atoms with Crippen LogP contribution >= 0.6 is 0 Å². The SMILES string of the molecule is Cc1ccc(NC2CCCN(CCCc3ccccc3)C2)nn1. The van der Waals surface area contributed by atoms with Crippen LogP contribution in [-0.4, -0.2) is 40.8 Å². The first kappa shape index (κ1) is 15.9. The Kier molecular flexibility index (Phi) is 5.59. The summed E-state index contributed by atoms with van der Waals surface area (Å²) in [5.74, 6) is 0.895. The topological polar surface area (TPSA) is 41.0 Å². The summed E-state index contributed by atoms with van der Waals surface area (Å²) in [5, 5.41) is 11.9. The maximum absolute atomic E-state index is 4.22. The summed E-state index contributed by atoms with van der Waals surface area (Å²) in [7, 11) is 0. The van der Waals surface area contributed by atoms with E-state index in [2.05, 4.69) is 50.7 Å². The third kappa shape index (κ3) is 5.03. The summed E-state index contributed by atoms with van der Waals surface area (Å²) >= 11 is 0. The number of anilines is 1. The van der Waals surface area contributed by atoms with Gasteiger partial charge in [-0.2, -0.15) is 5.10 Å². The molecule has 0 bridgehead atoms. The molecule has 3 rings (SSSR count). The summed E-state index contributed by atoms with van der Waals surface area (Å²) in [4.78, 5) is 2.58. The Morgan fingerprint density at radius 1 is 1.13 bits per heavy atom. The predicted molar refractivity (Wildman–Crippen MR) is 94.6 cm³/mol. The Morgan fingerprint density at radius 2 is 2.00 bits per heavy atom. The van der Waals surface area contributed by atoms with Crippen LogP contribution in [0.3, 0.4) is 0 Å². The Labute approximate surface area is 138 Å². The van der Waals surface area contributed by atoms with Crippen LogP contribution in [0.25, 0.3) is 0 Å². The molecule has 23 heavy (non-hydrogen) atoms. The van der Waals surface area contributed by atoms with Gasteiger partial charge in [0.15, 0.2) is 0 Å². The maximum atomic E-state index is 4.22. The van der Waals surface area contributed by atoms with Crippen LogP contribution in [0.15, 0.2) is 42.5 Å². The fourth-order valence-corrected chi connectivity index (χ4v) is 3.21. The molecule has 1 aromatic carbocycles. The molecule has 1 N–H and O–H groups in total. The van der Waals surface area contributed by atoms with Crippen molar-refractivity contribution in [3.05, 3.63) is 53.7 Å². The van der Waals surface area contributed by atoms with Gasteiger partial charge in [-0.15, -0.1) is 5.10 Å². The summed E-state index contributed by atoms with van der Waals surface area (Å²) in [5.41, 5.74) is 2.40. The fraction of sp³-hybridized carbons (Fsp3) is 0.474. The largest absolute Gasteiger partial charge is 0.365 e. The molecule has 0 radical (unpaired) electrons. The third-order valence-corrected chi connectivity index (χ3v) is 4.44. The van der Waals surface area contributed by atoms with Crippen molar-refractivity contribution in [1.82, 2.24) is 15.1 Å². The molecular weight excluding hydrogens is 284 g/mol. The number of piperidine rings is 1. The Balaban J connectivity index is 1.43. The number of nitrogens with zero attached hydrogens (tertiary/aromatic N) is 3. The molecule has 2 heterocycles. The number of rotatable bonds is 6. The lowest BCUT2D eigenvalue weighted by molar-refractivity contribution is 0.214. The first-order valence-electron chi connectivity index (χ1n) is 8.63. The van der Waals surface area contributed by atoms with Crippen molar-refractivity contribution in [2.45, 2.75) is 38.6 Å². The molecule has 1 atom stereocenters. The van der Waals surface area contributed by atoms with Gasteiger partial charge in [-0.05, 0) is 63.4 Å². The average molecular weight is 310 g/mol. The van der Waals surface area contributed by atoms with E-state index in [-0.39, 0.29) is 0 Å². The van der Waals surface area contributed by atoms with Crippen LogP contribution in [0.5, 0.6) is 0 Å². The van der Waals surface area contributed by atoms with Gasteiger partial charge < -0.3 is 10.2 Å². The van der Waals surface area contributed by atoms with Gasteiger partial charge in [-0.25, -0.2) is 0 Å². The zero-order valence-electron chi connectivity index (χ0n) is 13.9. The predicted octanol–water partition coefficient (Wildman–Crippen LogP) is 3.29. The lowest BCUT2D eigenvalue weighted by Gasteiger charge is -2.33. The van der Waals surface area contributed by atoms with Crippen LogP contribution < -0.4 is 5.32 Å². The van der Waals surface area contributed by atoms with Gasteiger partial charge in [-0.3, -0.25) is 0 Å². The van der Waals surface area contributed by atoms with Gasteiger partial charge in [0.05, 0.1) is 5.69 Å². The maximum Gasteiger partial charge on any atom is 0.148 e. The van der Waals surface area contributed by atoms with E-state index in [4.69, 9.17) is 0 Å². The Hall–Kier alpha value is -1.94. The van der Waals surface area contributed by atoms with Crippen molar-refractivity contribution in [2.75, 3.05) is 25.0 Å². The number of hydrogen-bond acceptors (Lipinski definition) is 4. The molecule has 1 fully saturated rings. The van der Waals surface area contributed by atoms with Crippen LogP contribution in [0.1, 0.15) is 30.5 Å². The van der Waals surface area contributed by atoms with Crippen LogP contribution in [0.4, 0.5) is 5.82 Å². The smallest absolute Gasteiger partial charge is 0.148 e. The highest BCUT2D eigenvalue weighted by Gasteiger charge is 2.19. The van der Waals surface area contributed by atoms with E-state index in [0.29, 0.717) is 6.04 Å². The highest BCUT2D eigenvalue weighted by atomic mass is 15.2. The standard InChI is InChI=1S/C19H26N4/c1-16-11-12-19(22-21-16)20-18-10-6-14-23(15-18)13-5-9-17-7-3-2-4-8-17/h2-4,7-8,11-12,18H,5-6,9-10,13-15H2,1H3,(H,20,22).